The molecule has 0 aliphatic carbocycles. The van der Waals surface area contributed by atoms with Crippen LogP contribution in [0.3, 0.4) is 0 Å². The molecule has 0 unspecified atom stereocenters. The number of amides is 2. The highest BCUT2D eigenvalue weighted by molar-refractivity contribution is 5.96. The number of hydrogen-bond acceptors (Lipinski definition) is 3. The van der Waals surface area contributed by atoms with Crippen molar-refractivity contribution >= 4 is 17.5 Å². The van der Waals surface area contributed by atoms with E-state index in [1.54, 1.807) is 4.90 Å². The predicted molar refractivity (Wildman–Crippen MR) is 92.3 cm³/mol. The number of hydrogen-bond donors (Lipinski definition) is 1. The van der Waals surface area contributed by atoms with Gasteiger partial charge in [0.15, 0.2) is 6.61 Å². The van der Waals surface area contributed by atoms with Crippen molar-refractivity contribution in [1.82, 2.24) is 5.32 Å². The van der Waals surface area contributed by atoms with Crippen LogP contribution < -0.4 is 15.0 Å². The number of carbonyl (C=O) groups excluding carboxylic acids is 2. The summed E-state index contributed by atoms with van der Waals surface area (Å²) >= 11 is 0. The van der Waals surface area contributed by atoms with E-state index in [9.17, 15) is 22.8 Å². The number of alkyl halides is 3. The molecular formula is C19H17F3N2O3. The molecule has 1 saturated heterocycles. The van der Waals surface area contributed by atoms with E-state index in [4.69, 9.17) is 4.74 Å². The van der Waals surface area contributed by atoms with Crippen molar-refractivity contribution < 1.29 is 27.5 Å². The van der Waals surface area contributed by atoms with E-state index in [2.05, 4.69) is 5.32 Å². The molecule has 8 heteroatoms. The van der Waals surface area contributed by atoms with Crippen molar-refractivity contribution in [1.29, 1.82) is 0 Å². The van der Waals surface area contributed by atoms with Gasteiger partial charge in [-0.1, -0.05) is 18.2 Å². The van der Waals surface area contributed by atoms with Crippen LogP contribution in [0.1, 0.15) is 12.0 Å². The summed E-state index contributed by atoms with van der Waals surface area (Å²) < 4.78 is 42.7. The third kappa shape index (κ3) is 4.78. The number of carbonyl (C=O) groups is 2. The first-order valence-electron chi connectivity index (χ1n) is 8.28. The van der Waals surface area contributed by atoms with Crippen LogP contribution >= 0.6 is 0 Å². The molecule has 27 heavy (non-hydrogen) atoms. The highest BCUT2D eigenvalue weighted by Crippen LogP contribution is 2.30. The van der Waals surface area contributed by atoms with Crippen molar-refractivity contribution in [3.05, 3.63) is 60.2 Å². The zero-order valence-corrected chi connectivity index (χ0v) is 14.2. The molecule has 0 aromatic heterocycles. The summed E-state index contributed by atoms with van der Waals surface area (Å²) in [6, 6.07) is 12.9. The minimum Gasteiger partial charge on any atom is -0.484 e. The molecule has 0 bridgehead atoms. The van der Waals surface area contributed by atoms with Gasteiger partial charge in [0, 0.05) is 18.7 Å². The molecule has 2 aromatic rings. The van der Waals surface area contributed by atoms with E-state index in [1.165, 1.54) is 0 Å². The molecule has 0 radical (unpaired) electrons. The van der Waals surface area contributed by atoms with Gasteiger partial charge in [-0.2, -0.15) is 13.2 Å². The van der Waals surface area contributed by atoms with Crippen molar-refractivity contribution in [3.63, 3.8) is 0 Å². The average Bonchev–Trinajstić information content (AvgIpc) is 3.00. The molecule has 1 atom stereocenters. The van der Waals surface area contributed by atoms with Crippen molar-refractivity contribution in [2.45, 2.75) is 18.6 Å². The van der Waals surface area contributed by atoms with Gasteiger partial charge in [-0.15, -0.1) is 0 Å². The second-order valence-corrected chi connectivity index (χ2v) is 6.12. The molecule has 1 fully saturated rings. The molecule has 1 N–H and O–H groups in total. The van der Waals surface area contributed by atoms with Crippen LogP contribution in [-0.4, -0.2) is 31.0 Å². The Balaban J connectivity index is 1.49. The van der Waals surface area contributed by atoms with Crippen LogP contribution in [0.25, 0.3) is 0 Å². The van der Waals surface area contributed by atoms with E-state index in [0.29, 0.717) is 6.54 Å². The smallest absolute Gasteiger partial charge is 0.416 e. The van der Waals surface area contributed by atoms with Crippen molar-refractivity contribution in [2.24, 2.45) is 0 Å². The molecular weight excluding hydrogens is 361 g/mol. The lowest BCUT2D eigenvalue weighted by atomic mass is 10.2. The van der Waals surface area contributed by atoms with Gasteiger partial charge in [0.25, 0.3) is 5.91 Å². The topological polar surface area (TPSA) is 58.6 Å². The zero-order valence-electron chi connectivity index (χ0n) is 14.2. The summed E-state index contributed by atoms with van der Waals surface area (Å²) in [4.78, 5) is 25.7. The molecule has 142 valence electrons. The number of rotatable bonds is 5. The van der Waals surface area contributed by atoms with Gasteiger partial charge in [-0.05, 0) is 36.4 Å². The predicted octanol–water partition coefficient (Wildman–Crippen LogP) is 3.01. The number of halogens is 3. The Hall–Kier alpha value is -3.03. The van der Waals surface area contributed by atoms with Gasteiger partial charge in [-0.25, -0.2) is 0 Å². The maximum Gasteiger partial charge on any atom is 0.416 e. The summed E-state index contributed by atoms with van der Waals surface area (Å²) in [6.07, 6.45) is -4.24. The minimum atomic E-state index is -4.42. The van der Waals surface area contributed by atoms with Crippen LogP contribution in [0, 0.1) is 0 Å². The van der Waals surface area contributed by atoms with E-state index in [0.717, 1.165) is 30.0 Å². The first-order chi connectivity index (χ1) is 12.8. The third-order valence-corrected chi connectivity index (χ3v) is 4.11. The lowest BCUT2D eigenvalue weighted by Gasteiger charge is -2.17. The number of ether oxygens (including phenoxy) is 1. The van der Waals surface area contributed by atoms with Gasteiger partial charge in [0.05, 0.1) is 11.6 Å². The third-order valence-electron chi connectivity index (χ3n) is 4.11. The van der Waals surface area contributed by atoms with Gasteiger partial charge in [0.2, 0.25) is 5.91 Å². The lowest BCUT2D eigenvalue weighted by molar-refractivity contribution is -0.137. The fraction of sp³-hybridized carbons (Fsp3) is 0.263. The zero-order chi connectivity index (χ0) is 19.4. The molecule has 1 aliphatic heterocycles. The van der Waals surface area contributed by atoms with Crippen LogP contribution in [-0.2, 0) is 15.8 Å². The van der Waals surface area contributed by atoms with E-state index >= 15 is 0 Å². The normalized spacial score (nSPS) is 17.1. The Bertz CT molecular complexity index is 807. The fourth-order valence-electron chi connectivity index (χ4n) is 2.82. The summed E-state index contributed by atoms with van der Waals surface area (Å²) in [5.41, 5.74) is -0.0231. The van der Waals surface area contributed by atoms with Crippen LogP contribution in [0.15, 0.2) is 54.6 Å². The molecule has 1 aliphatic rings. The SMILES string of the molecule is O=C(COc1ccc(C(F)(F)F)cc1)N[C@H]1CC(=O)N(c2ccccc2)C1. The molecule has 0 saturated carbocycles. The summed E-state index contributed by atoms with van der Waals surface area (Å²) in [5.74, 6) is -0.371. The quantitative estimate of drug-likeness (QED) is 0.870. The largest absolute Gasteiger partial charge is 0.484 e. The van der Waals surface area contributed by atoms with Gasteiger partial charge in [-0.3, -0.25) is 9.59 Å². The van der Waals surface area contributed by atoms with Crippen LogP contribution in [0.2, 0.25) is 0 Å². The van der Waals surface area contributed by atoms with E-state index in [1.807, 2.05) is 30.3 Å². The van der Waals surface area contributed by atoms with Crippen molar-refractivity contribution in [2.75, 3.05) is 18.1 Å². The Morgan fingerprint density at radius 3 is 2.41 bits per heavy atom. The van der Waals surface area contributed by atoms with E-state index in [-0.39, 0.29) is 30.7 Å². The standard InChI is InChI=1S/C19H17F3N2O3/c20-19(21,22)13-6-8-16(9-7-13)27-12-17(25)23-14-10-18(26)24(11-14)15-4-2-1-3-5-15/h1-9,14H,10-12H2,(H,23,25)/t14-/m0/s1. The lowest BCUT2D eigenvalue weighted by Crippen LogP contribution is -2.39. The Labute approximate surface area is 153 Å². The monoisotopic (exact) mass is 378 g/mol. The maximum absolute atomic E-state index is 12.5. The Morgan fingerprint density at radius 1 is 1.11 bits per heavy atom. The fourth-order valence-corrected chi connectivity index (χ4v) is 2.82. The van der Waals surface area contributed by atoms with Crippen molar-refractivity contribution in [3.8, 4) is 5.75 Å². The van der Waals surface area contributed by atoms with Gasteiger partial charge < -0.3 is 15.0 Å². The molecule has 1 heterocycles. The second-order valence-electron chi connectivity index (χ2n) is 6.12. The summed E-state index contributed by atoms with van der Waals surface area (Å²) in [5, 5.41) is 2.71. The number of para-hydroxylation sites is 1. The van der Waals surface area contributed by atoms with Gasteiger partial charge >= 0.3 is 6.18 Å². The molecule has 5 nitrogen and oxygen atoms in total. The number of nitrogens with one attached hydrogen (secondary N) is 1. The average molecular weight is 378 g/mol. The number of anilines is 1. The molecule has 0 spiro atoms. The molecule has 2 amide bonds. The Morgan fingerprint density at radius 2 is 1.78 bits per heavy atom. The minimum absolute atomic E-state index is 0.0878. The molecule has 2 aromatic carbocycles. The maximum atomic E-state index is 12.5. The Kier molecular flexibility index (Phi) is 5.34. The first kappa shape index (κ1) is 18.8. The van der Waals surface area contributed by atoms with Gasteiger partial charge in [0.1, 0.15) is 5.75 Å². The number of nitrogens with zero attached hydrogens (tertiary/aromatic N) is 1. The second kappa shape index (κ2) is 7.69. The summed E-state index contributed by atoms with van der Waals surface area (Å²) in [6.45, 7) is 0.0102. The van der Waals surface area contributed by atoms with Crippen LogP contribution in [0.5, 0.6) is 5.75 Å². The van der Waals surface area contributed by atoms with Crippen LogP contribution in [0.4, 0.5) is 18.9 Å². The summed E-state index contributed by atoms with van der Waals surface area (Å²) in [7, 11) is 0. The highest BCUT2D eigenvalue weighted by Gasteiger charge is 2.32. The highest BCUT2D eigenvalue weighted by atomic mass is 19.4. The molecule has 3 rings (SSSR count). The number of benzene rings is 2. The van der Waals surface area contributed by atoms with E-state index < -0.39 is 17.6 Å². The first-order valence-corrected chi connectivity index (χ1v) is 8.28.